The Labute approximate surface area is 83.1 Å². The van der Waals surface area contributed by atoms with Crippen LogP contribution in [-0.4, -0.2) is 11.7 Å². The summed E-state index contributed by atoms with van der Waals surface area (Å²) >= 11 is 0. The van der Waals surface area contributed by atoms with Gasteiger partial charge in [-0.25, -0.2) is 0 Å². The van der Waals surface area contributed by atoms with Crippen molar-refractivity contribution in [2.75, 3.05) is 12.3 Å². The molecule has 3 heteroatoms. The van der Waals surface area contributed by atoms with Crippen LogP contribution in [0, 0.1) is 11.3 Å². The van der Waals surface area contributed by atoms with E-state index in [1.807, 2.05) is 12.2 Å². The maximum Gasteiger partial charge on any atom is 0.0998 e. The summed E-state index contributed by atoms with van der Waals surface area (Å²) in [6.07, 6.45) is 4.23. The number of aliphatic hydroxyl groups excluding tert-OH is 1. The zero-order valence-electron chi connectivity index (χ0n) is 7.77. The number of nitrogens with two attached hydrogens (primary N) is 1. The van der Waals surface area contributed by atoms with E-state index < -0.39 is 0 Å². The van der Waals surface area contributed by atoms with E-state index in [0.29, 0.717) is 17.7 Å². The van der Waals surface area contributed by atoms with Gasteiger partial charge >= 0.3 is 0 Å². The Bertz CT molecular complexity index is 377. The van der Waals surface area contributed by atoms with Gasteiger partial charge in [0.25, 0.3) is 0 Å². The van der Waals surface area contributed by atoms with Crippen LogP contribution in [0.1, 0.15) is 17.5 Å². The Balaban J connectivity index is 2.92. The van der Waals surface area contributed by atoms with E-state index in [9.17, 15) is 0 Å². The zero-order chi connectivity index (χ0) is 10.4. The largest absolute Gasteiger partial charge is 0.399 e. The lowest BCUT2D eigenvalue weighted by atomic mass is 10.1. The van der Waals surface area contributed by atoms with E-state index in [0.717, 1.165) is 5.56 Å². The Morgan fingerprint density at radius 2 is 2.29 bits per heavy atom. The van der Waals surface area contributed by atoms with Crippen molar-refractivity contribution in [2.24, 2.45) is 0 Å². The van der Waals surface area contributed by atoms with Crippen LogP contribution in [0.25, 0.3) is 6.08 Å². The first-order valence-corrected chi connectivity index (χ1v) is 4.35. The van der Waals surface area contributed by atoms with Crippen molar-refractivity contribution in [3.63, 3.8) is 0 Å². The molecule has 0 spiro atoms. The van der Waals surface area contributed by atoms with Gasteiger partial charge in [0, 0.05) is 12.3 Å². The number of hydrogen-bond donors (Lipinski definition) is 2. The van der Waals surface area contributed by atoms with Crippen LogP contribution in [0.3, 0.4) is 0 Å². The highest BCUT2D eigenvalue weighted by atomic mass is 16.2. The number of nitrogens with zero attached hydrogens (tertiary/aromatic N) is 1. The maximum absolute atomic E-state index is 8.81. The van der Waals surface area contributed by atoms with E-state index in [-0.39, 0.29) is 6.61 Å². The Morgan fingerprint density at radius 3 is 2.93 bits per heavy atom. The molecule has 0 aliphatic carbocycles. The summed E-state index contributed by atoms with van der Waals surface area (Å²) in [7, 11) is 0. The number of nitrogen functional groups attached to an aromatic ring is 1. The molecule has 0 aromatic heterocycles. The smallest absolute Gasteiger partial charge is 0.0998 e. The van der Waals surface area contributed by atoms with E-state index in [1.165, 1.54) is 0 Å². The molecule has 0 unspecified atom stereocenters. The molecule has 3 nitrogen and oxygen atoms in total. The summed E-state index contributed by atoms with van der Waals surface area (Å²) in [5.41, 5.74) is 7.51. The second-order valence-electron chi connectivity index (χ2n) is 2.87. The highest BCUT2D eigenvalue weighted by Gasteiger charge is 1.97. The topological polar surface area (TPSA) is 70.0 Å². The predicted octanol–water partition coefficient (Wildman–Crippen LogP) is 1.54. The van der Waals surface area contributed by atoms with Crippen molar-refractivity contribution in [3.8, 4) is 6.07 Å². The SMILES string of the molecule is N#Cc1cc(N)ccc1C=CCCO. The first kappa shape index (κ1) is 10.3. The van der Waals surface area contributed by atoms with Gasteiger partial charge in [-0.2, -0.15) is 5.26 Å². The zero-order valence-corrected chi connectivity index (χ0v) is 7.77. The van der Waals surface area contributed by atoms with Crippen LogP contribution in [0.4, 0.5) is 5.69 Å². The minimum absolute atomic E-state index is 0.118. The van der Waals surface area contributed by atoms with Gasteiger partial charge in [-0.1, -0.05) is 18.2 Å². The summed E-state index contributed by atoms with van der Waals surface area (Å²) in [4.78, 5) is 0. The number of rotatable bonds is 3. The van der Waals surface area contributed by atoms with Gasteiger partial charge in [-0.15, -0.1) is 0 Å². The van der Waals surface area contributed by atoms with Gasteiger partial charge in [0.1, 0.15) is 0 Å². The Kier molecular flexibility index (Phi) is 3.71. The molecule has 72 valence electrons. The number of nitriles is 1. The number of hydrogen-bond acceptors (Lipinski definition) is 3. The van der Waals surface area contributed by atoms with Crippen LogP contribution < -0.4 is 5.73 Å². The summed E-state index contributed by atoms with van der Waals surface area (Å²) in [5, 5.41) is 17.4. The second-order valence-corrected chi connectivity index (χ2v) is 2.87. The molecule has 14 heavy (non-hydrogen) atoms. The summed E-state index contributed by atoms with van der Waals surface area (Å²) in [6, 6.07) is 7.25. The van der Waals surface area contributed by atoms with Gasteiger partial charge in [0.05, 0.1) is 11.6 Å². The second kappa shape index (κ2) is 5.05. The van der Waals surface area contributed by atoms with Crippen molar-refractivity contribution < 1.29 is 5.11 Å². The third kappa shape index (κ3) is 2.61. The standard InChI is InChI=1S/C11H12N2O/c12-8-10-7-11(13)5-4-9(10)3-1-2-6-14/h1,3-5,7,14H,2,6,13H2. The fraction of sp³-hybridized carbons (Fsp3) is 0.182. The van der Waals surface area contributed by atoms with Crippen molar-refractivity contribution in [3.05, 3.63) is 35.4 Å². The molecule has 3 N–H and O–H groups in total. The molecule has 0 saturated carbocycles. The van der Waals surface area contributed by atoms with Gasteiger partial charge in [-0.05, 0) is 24.1 Å². The minimum atomic E-state index is 0.118. The molecule has 1 aromatic carbocycles. The first-order valence-electron chi connectivity index (χ1n) is 4.35. The van der Waals surface area contributed by atoms with Crippen molar-refractivity contribution in [2.45, 2.75) is 6.42 Å². The molecule has 0 fully saturated rings. The van der Waals surface area contributed by atoms with Crippen LogP contribution >= 0.6 is 0 Å². The predicted molar refractivity (Wildman–Crippen MR) is 56.3 cm³/mol. The van der Waals surface area contributed by atoms with Gasteiger partial charge in [-0.3, -0.25) is 0 Å². The molecule has 0 amide bonds. The van der Waals surface area contributed by atoms with E-state index in [1.54, 1.807) is 18.2 Å². The van der Waals surface area contributed by atoms with Crippen LogP contribution in [-0.2, 0) is 0 Å². The third-order valence-corrected chi connectivity index (χ3v) is 1.79. The van der Waals surface area contributed by atoms with Gasteiger partial charge < -0.3 is 10.8 Å². The lowest BCUT2D eigenvalue weighted by Crippen LogP contribution is -1.88. The molecular formula is C11H12N2O. The molecule has 0 bridgehead atoms. The van der Waals surface area contributed by atoms with Crippen molar-refractivity contribution in [1.82, 2.24) is 0 Å². The summed E-state index contributed by atoms with van der Waals surface area (Å²) in [6.45, 7) is 0.118. The molecule has 1 rings (SSSR count). The Morgan fingerprint density at radius 1 is 1.50 bits per heavy atom. The van der Waals surface area contributed by atoms with Gasteiger partial charge in [0.15, 0.2) is 0 Å². The molecule has 0 aliphatic heterocycles. The monoisotopic (exact) mass is 188 g/mol. The minimum Gasteiger partial charge on any atom is -0.399 e. The normalized spacial score (nSPS) is 10.3. The summed E-state index contributed by atoms with van der Waals surface area (Å²) < 4.78 is 0. The lowest BCUT2D eigenvalue weighted by Gasteiger charge is -1.98. The summed E-state index contributed by atoms with van der Waals surface area (Å²) in [5.74, 6) is 0. The Hall–Kier alpha value is -1.79. The quantitative estimate of drug-likeness (QED) is 0.707. The lowest BCUT2D eigenvalue weighted by molar-refractivity contribution is 0.303. The van der Waals surface area contributed by atoms with Crippen molar-refractivity contribution in [1.29, 1.82) is 5.26 Å². The van der Waals surface area contributed by atoms with E-state index >= 15 is 0 Å². The maximum atomic E-state index is 8.81. The fourth-order valence-corrected chi connectivity index (χ4v) is 1.10. The molecular weight excluding hydrogens is 176 g/mol. The highest BCUT2D eigenvalue weighted by molar-refractivity contribution is 5.62. The molecule has 0 atom stereocenters. The van der Waals surface area contributed by atoms with Crippen LogP contribution in [0.5, 0.6) is 0 Å². The molecule has 1 aromatic rings. The average Bonchev–Trinajstić information content (AvgIpc) is 2.20. The van der Waals surface area contributed by atoms with E-state index in [4.69, 9.17) is 16.1 Å². The van der Waals surface area contributed by atoms with E-state index in [2.05, 4.69) is 6.07 Å². The number of anilines is 1. The molecule has 0 saturated heterocycles. The third-order valence-electron chi connectivity index (χ3n) is 1.79. The molecule has 0 radical (unpaired) electrons. The van der Waals surface area contributed by atoms with Crippen LogP contribution in [0.15, 0.2) is 24.3 Å². The fourth-order valence-electron chi connectivity index (χ4n) is 1.10. The van der Waals surface area contributed by atoms with Crippen molar-refractivity contribution >= 4 is 11.8 Å². The number of aliphatic hydroxyl groups is 1. The highest BCUT2D eigenvalue weighted by Crippen LogP contribution is 2.14. The molecule has 0 heterocycles. The molecule has 0 aliphatic rings. The average molecular weight is 188 g/mol. The first-order chi connectivity index (χ1) is 6.77. The number of benzene rings is 1. The van der Waals surface area contributed by atoms with Crippen LogP contribution in [0.2, 0.25) is 0 Å². The van der Waals surface area contributed by atoms with Gasteiger partial charge in [0.2, 0.25) is 0 Å².